The Morgan fingerprint density at radius 1 is 1.04 bits per heavy atom. The van der Waals surface area contributed by atoms with Crippen molar-refractivity contribution in [3.8, 4) is 17.0 Å². The maximum absolute atomic E-state index is 13.0. The second kappa shape index (κ2) is 7.70. The molecule has 142 valence electrons. The lowest BCUT2D eigenvalue weighted by Crippen LogP contribution is -2.23. The molecule has 6 nitrogen and oxygen atoms in total. The summed E-state index contributed by atoms with van der Waals surface area (Å²) in [7, 11) is 1.64. The van der Waals surface area contributed by atoms with Crippen molar-refractivity contribution in [3.63, 3.8) is 0 Å². The van der Waals surface area contributed by atoms with E-state index in [9.17, 15) is 9.90 Å². The predicted molar refractivity (Wildman–Crippen MR) is 108 cm³/mol. The number of methoxy groups -OCH3 is 1. The minimum atomic E-state index is -0.245. The number of nitrogens with zero attached hydrogens (tertiary/aromatic N) is 3. The van der Waals surface area contributed by atoms with E-state index in [1.165, 1.54) is 0 Å². The molecule has 0 bridgehead atoms. The van der Waals surface area contributed by atoms with Gasteiger partial charge in [0.05, 0.1) is 19.4 Å². The Morgan fingerprint density at radius 2 is 1.79 bits per heavy atom. The number of hydrogen-bond donors (Lipinski definition) is 1. The molecule has 0 aliphatic heterocycles. The number of aliphatic hydroxyl groups is 1. The van der Waals surface area contributed by atoms with Crippen LogP contribution in [-0.4, -0.2) is 26.4 Å². The van der Waals surface area contributed by atoms with Crippen LogP contribution in [0.1, 0.15) is 11.1 Å². The molecule has 0 unspecified atom stereocenters. The monoisotopic (exact) mass is 375 g/mol. The van der Waals surface area contributed by atoms with E-state index in [-0.39, 0.29) is 12.2 Å². The summed E-state index contributed by atoms with van der Waals surface area (Å²) < 4.78 is 8.39. The van der Waals surface area contributed by atoms with Crippen LogP contribution in [0.2, 0.25) is 0 Å². The van der Waals surface area contributed by atoms with Crippen LogP contribution in [0.25, 0.3) is 16.8 Å². The van der Waals surface area contributed by atoms with Crippen LogP contribution in [0.3, 0.4) is 0 Å². The summed E-state index contributed by atoms with van der Waals surface area (Å²) in [5, 5.41) is 14.4. The number of aromatic nitrogens is 3. The summed E-state index contributed by atoms with van der Waals surface area (Å²) in [6, 6.07) is 17.4. The van der Waals surface area contributed by atoms with E-state index in [2.05, 4.69) is 5.10 Å². The SMILES string of the molecule is COc1ccc(CCn2ccn3nc(-c4ccccc4)c(CO)c3c2=O)cc1. The summed E-state index contributed by atoms with van der Waals surface area (Å²) in [6.45, 7) is 0.295. The number of benzene rings is 2. The molecule has 0 amide bonds. The number of hydrogen-bond acceptors (Lipinski definition) is 4. The molecule has 2 aromatic heterocycles. The maximum Gasteiger partial charge on any atom is 0.276 e. The second-order valence-corrected chi connectivity index (χ2v) is 6.54. The maximum atomic E-state index is 13.0. The first-order valence-electron chi connectivity index (χ1n) is 9.11. The van der Waals surface area contributed by atoms with Crippen LogP contribution in [0.4, 0.5) is 0 Å². The van der Waals surface area contributed by atoms with E-state index in [4.69, 9.17) is 4.74 Å². The second-order valence-electron chi connectivity index (χ2n) is 6.54. The van der Waals surface area contributed by atoms with Crippen molar-refractivity contribution >= 4 is 5.52 Å². The van der Waals surface area contributed by atoms with Crippen LogP contribution in [0, 0.1) is 0 Å². The van der Waals surface area contributed by atoms with Crippen LogP contribution in [0.5, 0.6) is 5.75 Å². The Morgan fingerprint density at radius 3 is 2.46 bits per heavy atom. The number of fused-ring (bicyclic) bond motifs is 1. The van der Waals surface area contributed by atoms with Gasteiger partial charge in [0.25, 0.3) is 5.56 Å². The molecule has 6 heteroatoms. The third-order valence-corrected chi connectivity index (χ3v) is 4.87. The largest absolute Gasteiger partial charge is 0.497 e. The molecular formula is C22H21N3O3. The number of rotatable bonds is 6. The lowest BCUT2D eigenvalue weighted by atomic mass is 10.1. The highest BCUT2D eigenvalue weighted by atomic mass is 16.5. The molecule has 4 rings (SSSR count). The number of aliphatic hydroxyl groups excluding tert-OH is 1. The molecular weight excluding hydrogens is 354 g/mol. The molecule has 0 radical (unpaired) electrons. The molecule has 0 spiro atoms. The van der Waals surface area contributed by atoms with Gasteiger partial charge in [-0.3, -0.25) is 4.79 Å². The van der Waals surface area contributed by atoms with Gasteiger partial charge in [-0.05, 0) is 24.1 Å². The Hall–Kier alpha value is -3.38. The summed E-state index contributed by atoms with van der Waals surface area (Å²) in [5.74, 6) is 0.808. The van der Waals surface area contributed by atoms with Gasteiger partial charge in [-0.25, -0.2) is 4.52 Å². The minimum absolute atomic E-state index is 0.158. The first-order valence-corrected chi connectivity index (χ1v) is 9.11. The zero-order chi connectivity index (χ0) is 19.5. The summed E-state index contributed by atoms with van der Waals surface area (Å²) >= 11 is 0. The van der Waals surface area contributed by atoms with Gasteiger partial charge in [0.15, 0.2) is 0 Å². The van der Waals surface area contributed by atoms with Gasteiger partial charge in [0.1, 0.15) is 11.3 Å². The first kappa shape index (κ1) is 18.0. The van der Waals surface area contributed by atoms with E-state index in [1.54, 1.807) is 28.6 Å². The number of ether oxygens (including phenoxy) is 1. The highest BCUT2D eigenvalue weighted by Crippen LogP contribution is 2.24. The molecule has 0 atom stereocenters. The highest BCUT2D eigenvalue weighted by Gasteiger charge is 2.17. The van der Waals surface area contributed by atoms with Crippen LogP contribution < -0.4 is 10.3 Å². The van der Waals surface area contributed by atoms with E-state index in [0.717, 1.165) is 16.9 Å². The van der Waals surface area contributed by atoms with Gasteiger partial charge in [-0.15, -0.1) is 0 Å². The standard InChI is InChI=1S/C22H21N3O3/c1-28-18-9-7-16(8-10-18)11-12-24-13-14-25-21(22(24)27)19(15-26)20(23-25)17-5-3-2-4-6-17/h2-10,13-14,26H,11-12,15H2,1H3. The van der Waals surface area contributed by atoms with Gasteiger partial charge in [0.2, 0.25) is 0 Å². The van der Waals surface area contributed by atoms with Crippen LogP contribution in [-0.2, 0) is 19.6 Å². The summed E-state index contributed by atoms with van der Waals surface area (Å²) in [5.41, 5.74) is 3.43. The van der Waals surface area contributed by atoms with E-state index >= 15 is 0 Å². The van der Waals surface area contributed by atoms with Crippen molar-refractivity contribution in [2.45, 2.75) is 19.6 Å². The summed E-state index contributed by atoms with van der Waals surface area (Å²) in [4.78, 5) is 13.0. The Bertz CT molecular complexity index is 1150. The quantitative estimate of drug-likeness (QED) is 0.563. The van der Waals surface area contributed by atoms with Gasteiger partial charge in [-0.1, -0.05) is 42.5 Å². The lowest BCUT2D eigenvalue weighted by molar-refractivity contribution is 0.283. The van der Waals surface area contributed by atoms with E-state index < -0.39 is 0 Å². The average Bonchev–Trinajstić information content (AvgIpc) is 3.14. The molecule has 28 heavy (non-hydrogen) atoms. The molecule has 0 saturated carbocycles. The predicted octanol–water partition coefficient (Wildman–Crippen LogP) is 2.91. The third-order valence-electron chi connectivity index (χ3n) is 4.87. The first-order chi connectivity index (χ1) is 13.7. The Kier molecular flexibility index (Phi) is 4.95. The van der Waals surface area contributed by atoms with E-state index in [0.29, 0.717) is 29.7 Å². The number of aryl methyl sites for hydroxylation is 2. The Balaban J connectivity index is 1.69. The topological polar surface area (TPSA) is 68.8 Å². The van der Waals surface area contributed by atoms with E-state index in [1.807, 2.05) is 54.6 Å². The Labute approximate surface area is 162 Å². The van der Waals surface area contributed by atoms with Crippen molar-refractivity contribution in [1.29, 1.82) is 0 Å². The van der Waals surface area contributed by atoms with Crippen molar-refractivity contribution in [2.24, 2.45) is 0 Å². The third kappa shape index (κ3) is 3.30. The van der Waals surface area contributed by atoms with Crippen LogP contribution in [0.15, 0.2) is 71.8 Å². The van der Waals surface area contributed by atoms with Crippen molar-refractivity contribution in [3.05, 3.63) is 88.5 Å². The molecule has 4 aromatic rings. The molecule has 0 aliphatic rings. The minimum Gasteiger partial charge on any atom is -0.497 e. The van der Waals surface area contributed by atoms with Crippen molar-refractivity contribution < 1.29 is 9.84 Å². The van der Waals surface area contributed by atoms with Crippen molar-refractivity contribution in [2.75, 3.05) is 7.11 Å². The molecule has 2 aromatic carbocycles. The fourth-order valence-electron chi connectivity index (χ4n) is 3.35. The molecule has 0 aliphatic carbocycles. The van der Waals surface area contributed by atoms with Crippen LogP contribution >= 0.6 is 0 Å². The van der Waals surface area contributed by atoms with Crippen molar-refractivity contribution in [1.82, 2.24) is 14.2 Å². The lowest BCUT2D eigenvalue weighted by Gasteiger charge is -2.07. The fraction of sp³-hybridized carbons (Fsp3) is 0.182. The fourth-order valence-corrected chi connectivity index (χ4v) is 3.35. The summed E-state index contributed by atoms with van der Waals surface area (Å²) in [6.07, 6.45) is 4.21. The van der Waals surface area contributed by atoms with Gasteiger partial charge >= 0.3 is 0 Å². The zero-order valence-electron chi connectivity index (χ0n) is 15.6. The van der Waals surface area contributed by atoms with Gasteiger partial charge < -0.3 is 14.4 Å². The highest BCUT2D eigenvalue weighted by molar-refractivity contribution is 5.72. The molecule has 2 heterocycles. The zero-order valence-corrected chi connectivity index (χ0v) is 15.6. The van der Waals surface area contributed by atoms with Gasteiger partial charge in [0, 0.05) is 30.1 Å². The smallest absolute Gasteiger partial charge is 0.276 e. The molecule has 1 N–H and O–H groups in total. The normalized spacial score (nSPS) is 11.1. The molecule has 0 saturated heterocycles. The average molecular weight is 375 g/mol. The molecule has 0 fully saturated rings. The van der Waals surface area contributed by atoms with Gasteiger partial charge in [-0.2, -0.15) is 5.10 Å².